The van der Waals surface area contributed by atoms with E-state index >= 15 is 0 Å². The lowest BCUT2D eigenvalue weighted by Gasteiger charge is -2.29. The molecule has 0 atom stereocenters. The SMILES string of the molecule is CCOc1ccc(NC(=O)/C(C#N)=C/c2cn(-c3ccccc3)nc2-c2cccc(S(=O)(=O)N3CCC(C)CC3)c2)cc1. The van der Waals surface area contributed by atoms with Crippen LogP contribution in [0.5, 0.6) is 5.75 Å². The van der Waals surface area contributed by atoms with Crippen LogP contribution in [0.2, 0.25) is 0 Å². The Hall–Kier alpha value is -4.72. The molecule has 1 fully saturated rings. The van der Waals surface area contributed by atoms with E-state index in [4.69, 9.17) is 9.84 Å². The van der Waals surface area contributed by atoms with E-state index in [0.29, 0.717) is 53.9 Å². The lowest BCUT2D eigenvalue weighted by molar-refractivity contribution is -0.112. The number of anilines is 1. The summed E-state index contributed by atoms with van der Waals surface area (Å²) in [4.78, 5) is 13.3. The Morgan fingerprint density at radius 3 is 2.47 bits per heavy atom. The Labute approximate surface area is 252 Å². The molecule has 1 aliphatic rings. The number of aromatic nitrogens is 2. The molecule has 3 aromatic carbocycles. The van der Waals surface area contributed by atoms with Crippen LogP contribution in [0.25, 0.3) is 23.0 Å². The minimum Gasteiger partial charge on any atom is -0.494 e. The number of benzene rings is 3. The van der Waals surface area contributed by atoms with Gasteiger partial charge in [-0.3, -0.25) is 4.79 Å². The average molecular weight is 596 g/mol. The van der Waals surface area contributed by atoms with Crippen molar-refractivity contribution in [2.24, 2.45) is 5.92 Å². The van der Waals surface area contributed by atoms with E-state index in [9.17, 15) is 18.5 Å². The lowest BCUT2D eigenvalue weighted by Crippen LogP contribution is -2.37. The van der Waals surface area contributed by atoms with E-state index in [1.165, 1.54) is 10.4 Å². The third-order valence-corrected chi connectivity index (χ3v) is 9.23. The van der Waals surface area contributed by atoms with Crippen LogP contribution in [-0.2, 0) is 14.8 Å². The first kappa shape index (κ1) is 29.8. The third-order valence-electron chi connectivity index (χ3n) is 7.34. The first-order valence-electron chi connectivity index (χ1n) is 14.2. The minimum absolute atomic E-state index is 0.131. The number of rotatable bonds is 9. The van der Waals surface area contributed by atoms with E-state index in [1.54, 1.807) is 59.4 Å². The number of hydrogen-bond acceptors (Lipinski definition) is 6. The van der Waals surface area contributed by atoms with Crippen LogP contribution >= 0.6 is 0 Å². The molecule has 10 heteroatoms. The molecule has 1 saturated heterocycles. The van der Waals surface area contributed by atoms with Crippen LogP contribution < -0.4 is 10.1 Å². The topological polar surface area (TPSA) is 117 Å². The maximum Gasteiger partial charge on any atom is 0.266 e. The fourth-order valence-electron chi connectivity index (χ4n) is 4.91. The maximum absolute atomic E-state index is 13.5. The fraction of sp³-hybridized carbons (Fsp3) is 0.242. The van der Waals surface area contributed by atoms with Gasteiger partial charge < -0.3 is 10.1 Å². The second kappa shape index (κ2) is 13.1. The van der Waals surface area contributed by atoms with E-state index in [1.807, 2.05) is 43.3 Å². The standard InChI is InChI=1S/C33H33N5O4S/c1-3-42-30-14-12-28(13-15-30)35-33(39)26(22-34)20-27-23-38(29-9-5-4-6-10-29)36-32(27)25-8-7-11-31(21-25)43(40,41)37-18-16-24(2)17-19-37/h4-15,20-21,23-24H,3,16-19H2,1-2H3,(H,35,39)/b26-20+. The molecule has 1 aliphatic heterocycles. The van der Waals surface area contributed by atoms with Gasteiger partial charge in [-0.2, -0.15) is 14.7 Å². The molecule has 9 nitrogen and oxygen atoms in total. The smallest absolute Gasteiger partial charge is 0.266 e. The zero-order valence-electron chi connectivity index (χ0n) is 24.1. The van der Waals surface area contributed by atoms with Crippen LogP contribution in [0.4, 0.5) is 5.69 Å². The quantitative estimate of drug-likeness (QED) is 0.190. The molecular formula is C33H33N5O4S. The molecule has 220 valence electrons. The van der Waals surface area contributed by atoms with Crippen molar-refractivity contribution in [1.82, 2.24) is 14.1 Å². The summed E-state index contributed by atoms with van der Waals surface area (Å²) in [6.45, 7) is 5.52. The van der Waals surface area contributed by atoms with Crippen LogP contribution in [-0.4, -0.2) is 48.1 Å². The Bertz CT molecular complexity index is 1770. The van der Waals surface area contributed by atoms with Crippen molar-refractivity contribution in [2.75, 3.05) is 25.0 Å². The van der Waals surface area contributed by atoms with Crippen LogP contribution in [0.15, 0.2) is 95.5 Å². The predicted molar refractivity (Wildman–Crippen MR) is 166 cm³/mol. The summed E-state index contributed by atoms with van der Waals surface area (Å²) >= 11 is 0. The second-order valence-electron chi connectivity index (χ2n) is 10.4. The van der Waals surface area contributed by atoms with Crippen molar-refractivity contribution in [3.8, 4) is 28.8 Å². The van der Waals surface area contributed by atoms with Crippen molar-refractivity contribution >= 4 is 27.7 Å². The zero-order valence-corrected chi connectivity index (χ0v) is 24.9. The number of sulfonamides is 1. The van der Waals surface area contributed by atoms with Gasteiger partial charge in [0.25, 0.3) is 5.91 Å². The summed E-state index contributed by atoms with van der Waals surface area (Å²) < 4.78 is 35.7. The van der Waals surface area contributed by atoms with Gasteiger partial charge in [0.15, 0.2) is 0 Å². The van der Waals surface area contributed by atoms with E-state index < -0.39 is 15.9 Å². The van der Waals surface area contributed by atoms with Crippen molar-refractivity contribution in [2.45, 2.75) is 31.6 Å². The van der Waals surface area contributed by atoms with Crippen LogP contribution in [0.1, 0.15) is 32.3 Å². The highest BCUT2D eigenvalue weighted by Gasteiger charge is 2.28. The molecule has 5 rings (SSSR count). The molecule has 0 bridgehead atoms. The molecule has 1 N–H and O–H groups in total. The van der Waals surface area contributed by atoms with Crippen molar-refractivity contribution in [3.63, 3.8) is 0 Å². The number of piperidine rings is 1. The maximum atomic E-state index is 13.5. The lowest BCUT2D eigenvalue weighted by atomic mass is 10.0. The minimum atomic E-state index is -3.70. The van der Waals surface area contributed by atoms with Gasteiger partial charge in [0.2, 0.25) is 10.0 Å². The van der Waals surface area contributed by atoms with Crippen molar-refractivity contribution in [1.29, 1.82) is 5.26 Å². The number of carbonyl (C=O) groups is 1. The molecule has 4 aromatic rings. The van der Waals surface area contributed by atoms with Gasteiger partial charge in [-0.25, -0.2) is 13.1 Å². The van der Waals surface area contributed by atoms with Crippen molar-refractivity contribution < 1.29 is 17.9 Å². The first-order valence-corrected chi connectivity index (χ1v) is 15.6. The van der Waals surface area contributed by atoms with Gasteiger partial charge in [-0.05, 0) is 80.3 Å². The number of ether oxygens (including phenoxy) is 1. The zero-order chi connectivity index (χ0) is 30.4. The average Bonchev–Trinajstić information content (AvgIpc) is 3.45. The summed E-state index contributed by atoms with van der Waals surface area (Å²) in [6.07, 6.45) is 4.84. The van der Waals surface area contributed by atoms with E-state index in [2.05, 4.69) is 12.2 Å². The molecule has 2 heterocycles. The second-order valence-corrected chi connectivity index (χ2v) is 12.3. The number of carbonyl (C=O) groups excluding carboxylic acids is 1. The Kier molecular flexibility index (Phi) is 9.04. The summed E-state index contributed by atoms with van der Waals surface area (Å²) in [5, 5.41) is 17.5. The largest absolute Gasteiger partial charge is 0.494 e. The molecule has 0 saturated carbocycles. The summed E-state index contributed by atoms with van der Waals surface area (Å²) in [6, 6.07) is 24.9. The number of para-hydroxylation sites is 1. The number of nitrogens with zero attached hydrogens (tertiary/aromatic N) is 4. The highest BCUT2D eigenvalue weighted by molar-refractivity contribution is 7.89. The number of amides is 1. The molecule has 43 heavy (non-hydrogen) atoms. The fourth-order valence-corrected chi connectivity index (χ4v) is 6.43. The number of hydrogen-bond donors (Lipinski definition) is 1. The molecule has 1 amide bonds. The third kappa shape index (κ3) is 6.85. The summed E-state index contributed by atoms with van der Waals surface area (Å²) in [7, 11) is -3.70. The molecular weight excluding hydrogens is 562 g/mol. The molecule has 1 aromatic heterocycles. The Morgan fingerprint density at radius 1 is 1.07 bits per heavy atom. The Balaban J connectivity index is 1.51. The number of nitrogens with one attached hydrogen (secondary N) is 1. The number of nitriles is 1. The van der Waals surface area contributed by atoms with Gasteiger partial charge >= 0.3 is 0 Å². The normalized spacial score (nSPS) is 14.7. The van der Waals surface area contributed by atoms with E-state index in [-0.39, 0.29) is 10.5 Å². The molecule has 0 aliphatic carbocycles. The highest BCUT2D eigenvalue weighted by atomic mass is 32.2. The monoisotopic (exact) mass is 595 g/mol. The van der Waals surface area contributed by atoms with Crippen LogP contribution in [0, 0.1) is 17.2 Å². The highest BCUT2D eigenvalue weighted by Crippen LogP contribution is 2.30. The Morgan fingerprint density at radius 2 is 1.79 bits per heavy atom. The van der Waals surface area contributed by atoms with Gasteiger partial charge in [0, 0.05) is 36.1 Å². The van der Waals surface area contributed by atoms with Crippen molar-refractivity contribution in [3.05, 3.63) is 96.2 Å². The van der Waals surface area contributed by atoms with Gasteiger partial charge in [-0.1, -0.05) is 37.3 Å². The van der Waals surface area contributed by atoms with Crippen LogP contribution in [0.3, 0.4) is 0 Å². The van der Waals surface area contributed by atoms with Gasteiger partial charge in [0.05, 0.1) is 17.2 Å². The van der Waals surface area contributed by atoms with Gasteiger partial charge in [-0.15, -0.1) is 0 Å². The van der Waals surface area contributed by atoms with Gasteiger partial charge in [0.1, 0.15) is 23.1 Å². The summed E-state index contributed by atoms with van der Waals surface area (Å²) in [5.74, 6) is 0.587. The summed E-state index contributed by atoms with van der Waals surface area (Å²) in [5.41, 5.74) is 2.63. The van der Waals surface area contributed by atoms with E-state index in [0.717, 1.165) is 18.5 Å². The molecule has 0 radical (unpaired) electrons. The first-order chi connectivity index (χ1) is 20.8. The molecule has 0 spiro atoms. The molecule has 0 unspecified atom stereocenters. The predicted octanol–water partition coefficient (Wildman–Crippen LogP) is 5.90.